The summed E-state index contributed by atoms with van der Waals surface area (Å²) in [6.45, 7) is 0. The van der Waals surface area contributed by atoms with Gasteiger partial charge in [-0.15, -0.1) is 12.6 Å². The van der Waals surface area contributed by atoms with Crippen molar-refractivity contribution in [2.45, 2.75) is 4.90 Å². The highest BCUT2D eigenvalue weighted by atomic mass is 32.1. The van der Waals surface area contributed by atoms with Crippen LogP contribution in [0.1, 0.15) is 0 Å². The molecule has 0 fully saturated rings. The summed E-state index contributed by atoms with van der Waals surface area (Å²) in [6.07, 6.45) is 1.47. The third-order valence-electron chi connectivity index (χ3n) is 1.76. The van der Waals surface area contributed by atoms with Crippen molar-refractivity contribution < 1.29 is 4.73 Å². The van der Waals surface area contributed by atoms with Crippen molar-refractivity contribution in [3.05, 3.63) is 41.7 Å². The standard InChI is InChI=1S/C9H7NOS/c11-10-6-2-4-7-3-1-5-8(12)9(7)10/h1-6,12H. The van der Waals surface area contributed by atoms with E-state index in [1.807, 2.05) is 18.2 Å². The van der Waals surface area contributed by atoms with E-state index in [1.54, 1.807) is 12.1 Å². The molecule has 12 heavy (non-hydrogen) atoms. The van der Waals surface area contributed by atoms with Crippen LogP contribution < -0.4 is 4.73 Å². The van der Waals surface area contributed by atoms with E-state index in [1.165, 1.54) is 6.20 Å². The van der Waals surface area contributed by atoms with Crippen LogP contribution in [0.5, 0.6) is 0 Å². The maximum absolute atomic E-state index is 11.3. The summed E-state index contributed by atoms with van der Waals surface area (Å²) in [5.74, 6) is 0. The van der Waals surface area contributed by atoms with Crippen LogP contribution in [0.15, 0.2) is 41.4 Å². The van der Waals surface area contributed by atoms with E-state index in [4.69, 9.17) is 0 Å². The summed E-state index contributed by atoms with van der Waals surface area (Å²) < 4.78 is 0.831. The molecule has 0 aliphatic carbocycles. The molecule has 0 N–H and O–H groups in total. The van der Waals surface area contributed by atoms with Gasteiger partial charge in [0, 0.05) is 11.5 Å². The Morgan fingerprint density at radius 1 is 1.17 bits per heavy atom. The molecular weight excluding hydrogens is 170 g/mol. The SMILES string of the molecule is [O-][n+]1cccc2cccc(S)c21. The lowest BCUT2D eigenvalue weighted by Gasteiger charge is -2.01. The van der Waals surface area contributed by atoms with Crippen LogP contribution in [-0.4, -0.2) is 0 Å². The Hall–Kier alpha value is -1.22. The maximum Gasteiger partial charge on any atom is 0.237 e. The minimum atomic E-state index is 0.628. The van der Waals surface area contributed by atoms with Gasteiger partial charge < -0.3 is 5.21 Å². The van der Waals surface area contributed by atoms with Gasteiger partial charge in [0.05, 0.1) is 4.90 Å². The highest BCUT2D eigenvalue weighted by Gasteiger charge is 2.04. The quantitative estimate of drug-likeness (QED) is 0.370. The number of pyridine rings is 1. The Bertz CT molecular complexity index is 391. The molecule has 0 spiro atoms. The van der Waals surface area contributed by atoms with Crippen molar-refractivity contribution in [1.29, 1.82) is 0 Å². The highest BCUT2D eigenvalue weighted by Crippen LogP contribution is 2.16. The van der Waals surface area contributed by atoms with Crippen LogP contribution in [-0.2, 0) is 0 Å². The molecule has 3 heteroatoms. The molecule has 60 valence electrons. The lowest BCUT2D eigenvalue weighted by Crippen LogP contribution is -2.26. The number of aromatic nitrogens is 1. The minimum Gasteiger partial charge on any atom is -0.618 e. The Kier molecular flexibility index (Phi) is 1.66. The van der Waals surface area contributed by atoms with E-state index < -0.39 is 0 Å². The molecule has 1 heterocycles. The number of para-hydroxylation sites is 1. The highest BCUT2D eigenvalue weighted by molar-refractivity contribution is 7.80. The third kappa shape index (κ3) is 1.02. The van der Waals surface area contributed by atoms with Crippen molar-refractivity contribution in [1.82, 2.24) is 0 Å². The Morgan fingerprint density at radius 2 is 1.92 bits per heavy atom. The maximum atomic E-state index is 11.3. The molecule has 0 aliphatic heterocycles. The van der Waals surface area contributed by atoms with Gasteiger partial charge in [-0.1, -0.05) is 6.07 Å². The summed E-state index contributed by atoms with van der Waals surface area (Å²) in [5, 5.41) is 12.2. The minimum absolute atomic E-state index is 0.628. The fraction of sp³-hybridized carbons (Fsp3) is 0. The van der Waals surface area contributed by atoms with Crippen LogP contribution in [0.3, 0.4) is 0 Å². The number of hydrogen-bond acceptors (Lipinski definition) is 2. The smallest absolute Gasteiger partial charge is 0.237 e. The number of fused-ring (bicyclic) bond motifs is 1. The second kappa shape index (κ2) is 2.68. The van der Waals surface area contributed by atoms with Crippen molar-refractivity contribution in [2.24, 2.45) is 0 Å². The lowest BCUT2D eigenvalue weighted by molar-refractivity contribution is -0.578. The van der Waals surface area contributed by atoms with E-state index >= 15 is 0 Å². The molecule has 0 aliphatic rings. The predicted octanol–water partition coefficient (Wildman–Crippen LogP) is 1.76. The topological polar surface area (TPSA) is 26.9 Å². The monoisotopic (exact) mass is 177 g/mol. The average Bonchev–Trinajstić information content (AvgIpc) is 2.04. The van der Waals surface area contributed by atoms with Crippen LogP contribution >= 0.6 is 12.6 Å². The van der Waals surface area contributed by atoms with E-state index in [0.29, 0.717) is 10.4 Å². The molecule has 0 bridgehead atoms. The van der Waals surface area contributed by atoms with Crippen LogP contribution in [0, 0.1) is 5.21 Å². The molecular formula is C9H7NOS. The Labute approximate surface area is 75.4 Å². The first-order valence-corrected chi connectivity index (χ1v) is 4.03. The van der Waals surface area contributed by atoms with E-state index in [2.05, 4.69) is 12.6 Å². The summed E-state index contributed by atoms with van der Waals surface area (Å²) in [7, 11) is 0. The van der Waals surface area contributed by atoms with Crippen molar-refractivity contribution in [3.63, 3.8) is 0 Å². The van der Waals surface area contributed by atoms with Crippen LogP contribution in [0.4, 0.5) is 0 Å². The summed E-state index contributed by atoms with van der Waals surface area (Å²) >= 11 is 4.20. The molecule has 1 aromatic heterocycles. The predicted molar refractivity (Wildman–Crippen MR) is 50.2 cm³/mol. The van der Waals surface area contributed by atoms with Crippen LogP contribution in [0.25, 0.3) is 10.9 Å². The van der Waals surface area contributed by atoms with Crippen molar-refractivity contribution in [2.75, 3.05) is 0 Å². The second-order valence-corrected chi connectivity index (χ2v) is 3.03. The number of thiol groups is 1. The van der Waals surface area contributed by atoms with Crippen molar-refractivity contribution in [3.8, 4) is 0 Å². The zero-order valence-electron chi connectivity index (χ0n) is 6.27. The molecule has 0 saturated heterocycles. The summed E-state index contributed by atoms with van der Waals surface area (Å²) in [4.78, 5) is 0.711. The Balaban J connectivity index is 2.96. The first-order valence-electron chi connectivity index (χ1n) is 3.59. The molecule has 2 aromatic rings. The van der Waals surface area contributed by atoms with Gasteiger partial charge >= 0.3 is 0 Å². The molecule has 2 rings (SSSR count). The molecule has 0 saturated carbocycles. The summed E-state index contributed by atoms with van der Waals surface area (Å²) in [6, 6.07) is 9.19. The molecule has 0 unspecified atom stereocenters. The van der Waals surface area contributed by atoms with E-state index in [9.17, 15) is 5.21 Å². The van der Waals surface area contributed by atoms with Gasteiger partial charge in [0.15, 0.2) is 6.20 Å². The number of benzene rings is 1. The number of rotatable bonds is 0. The molecule has 0 amide bonds. The number of hydrogen-bond donors (Lipinski definition) is 1. The van der Waals surface area contributed by atoms with Gasteiger partial charge in [-0.25, -0.2) is 0 Å². The molecule has 2 nitrogen and oxygen atoms in total. The van der Waals surface area contributed by atoms with Gasteiger partial charge in [0.1, 0.15) is 0 Å². The fourth-order valence-corrected chi connectivity index (χ4v) is 1.54. The largest absolute Gasteiger partial charge is 0.618 e. The van der Waals surface area contributed by atoms with Gasteiger partial charge in [-0.3, -0.25) is 0 Å². The van der Waals surface area contributed by atoms with Gasteiger partial charge in [0.2, 0.25) is 5.52 Å². The summed E-state index contributed by atoms with van der Waals surface area (Å²) in [5.41, 5.74) is 0.628. The first kappa shape index (κ1) is 7.43. The van der Waals surface area contributed by atoms with Gasteiger partial charge in [-0.05, 0) is 18.2 Å². The van der Waals surface area contributed by atoms with Crippen LogP contribution in [0.2, 0.25) is 0 Å². The fourth-order valence-electron chi connectivity index (χ4n) is 1.22. The Morgan fingerprint density at radius 3 is 2.67 bits per heavy atom. The normalized spacial score (nSPS) is 10.4. The van der Waals surface area contributed by atoms with E-state index in [0.717, 1.165) is 10.1 Å². The number of nitrogens with zero attached hydrogens (tertiary/aromatic N) is 1. The van der Waals surface area contributed by atoms with Gasteiger partial charge in [0.25, 0.3) is 0 Å². The zero-order valence-corrected chi connectivity index (χ0v) is 7.16. The van der Waals surface area contributed by atoms with Gasteiger partial charge in [-0.2, -0.15) is 4.73 Å². The molecule has 0 atom stereocenters. The lowest BCUT2D eigenvalue weighted by atomic mass is 10.2. The van der Waals surface area contributed by atoms with E-state index in [-0.39, 0.29) is 0 Å². The molecule has 0 radical (unpaired) electrons. The van der Waals surface area contributed by atoms with Crippen molar-refractivity contribution >= 4 is 23.5 Å². The molecule has 1 aromatic carbocycles. The third-order valence-corrected chi connectivity index (χ3v) is 2.12. The first-order chi connectivity index (χ1) is 5.79. The zero-order chi connectivity index (χ0) is 8.55. The second-order valence-electron chi connectivity index (χ2n) is 2.55. The average molecular weight is 177 g/mol.